The van der Waals surface area contributed by atoms with Crippen LogP contribution in [0, 0.1) is 0 Å². The van der Waals surface area contributed by atoms with Crippen LogP contribution in [0.5, 0.6) is 0 Å². The fourth-order valence-corrected chi connectivity index (χ4v) is 2.17. The lowest BCUT2D eigenvalue weighted by molar-refractivity contribution is 0.0696. The molecular formula is C13H17NO3. The molecule has 1 aromatic rings. The van der Waals surface area contributed by atoms with E-state index in [1.807, 2.05) is 13.0 Å². The summed E-state index contributed by atoms with van der Waals surface area (Å²) < 4.78 is 5.24. The Balaban J connectivity index is 2.08. The summed E-state index contributed by atoms with van der Waals surface area (Å²) in [5.41, 5.74) is 2.71. The second kappa shape index (κ2) is 4.85. The van der Waals surface area contributed by atoms with Crippen molar-refractivity contribution in [3.63, 3.8) is 0 Å². The van der Waals surface area contributed by atoms with Gasteiger partial charge in [0.05, 0.1) is 11.7 Å². The summed E-state index contributed by atoms with van der Waals surface area (Å²) in [7, 11) is 1.70. The predicted molar refractivity (Wildman–Crippen MR) is 64.0 cm³/mol. The van der Waals surface area contributed by atoms with Crippen LogP contribution >= 0.6 is 0 Å². The van der Waals surface area contributed by atoms with Crippen LogP contribution in [0.4, 0.5) is 0 Å². The first-order valence-corrected chi connectivity index (χ1v) is 5.70. The zero-order valence-corrected chi connectivity index (χ0v) is 10.1. The van der Waals surface area contributed by atoms with Gasteiger partial charge < -0.3 is 9.84 Å². The highest BCUT2D eigenvalue weighted by molar-refractivity contribution is 5.87. The first-order chi connectivity index (χ1) is 8.10. The van der Waals surface area contributed by atoms with E-state index in [1.165, 1.54) is 5.56 Å². The maximum atomic E-state index is 10.9. The first kappa shape index (κ1) is 12.1. The molecule has 0 bridgehead atoms. The summed E-state index contributed by atoms with van der Waals surface area (Å²) in [6, 6.07) is 5.36. The van der Waals surface area contributed by atoms with E-state index in [1.54, 1.807) is 19.2 Å². The van der Waals surface area contributed by atoms with Crippen molar-refractivity contribution in [2.24, 2.45) is 0 Å². The van der Waals surface area contributed by atoms with Crippen molar-refractivity contribution < 1.29 is 14.6 Å². The van der Waals surface area contributed by atoms with Crippen molar-refractivity contribution in [2.45, 2.75) is 26.1 Å². The van der Waals surface area contributed by atoms with Gasteiger partial charge >= 0.3 is 5.97 Å². The number of carbonyl (C=O) groups is 1. The van der Waals surface area contributed by atoms with E-state index >= 15 is 0 Å². The molecular weight excluding hydrogens is 218 g/mol. The fraction of sp³-hybridized carbons (Fsp3) is 0.462. The molecule has 0 radical (unpaired) electrons. The largest absolute Gasteiger partial charge is 0.478 e. The lowest BCUT2D eigenvalue weighted by Crippen LogP contribution is -2.27. The maximum absolute atomic E-state index is 10.9. The van der Waals surface area contributed by atoms with Gasteiger partial charge in [0.25, 0.3) is 0 Å². The van der Waals surface area contributed by atoms with E-state index < -0.39 is 5.97 Å². The SMILES string of the molecule is COC(C)CN1Cc2ccc(C(=O)O)cc2C1. The van der Waals surface area contributed by atoms with E-state index in [0.29, 0.717) is 5.56 Å². The van der Waals surface area contributed by atoms with Gasteiger partial charge in [-0.05, 0) is 30.2 Å². The molecule has 1 heterocycles. The number of benzene rings is 1. The van der Waals surface area contributed by atoms with E-state index in [4.69, 9.17) is 9.84 Å². The Bertz CT molecular complexity index is 431. The normalized spacial score (nSPS) is 16.8. The van der Waals surface area contributed by atoms with Crippen LogP contribution in [0.25, 0.3) is 0 Å². The minimum atomic E-state index is -0.864. The van der Waals surface area contributed by atoms with Crippen LogP contribution in [-0.2, 0) is 17.8 Å². The Hall–Kier alpha value is -1.39. The van der Waals surface area contributed by atoms with Crippen LogP contribution in [0.1, 0.15) is 28.4 Å². The van der Waals surface area contributed by atoms with Crippen molar-refractivity contribution in [3.8, 4) is 0 Å². The van der Waals surface area contributed by atoms with Gasteiger partial charge in [-0.25, -0.2) is 4.79 Å². The van der Waals surface area contributed by atoms with Gasteiger partial charge in [0.1, 0.15) is 0 Å². The van der Waals surface area contributed by atoms with Crippen molar-refractivity contribution in [1.29, 1.82) is 0 Å². The fourth-order valence-electron chi connectivity index (χ4n) is 2.17. The van der Waals surface area contributed by atoms with Crippen LogP contribution in [-0.4, -0.2) is 35.7 Å². The minimum Gasteiger partial charge on any atom is -0.478 e. The summed E-state index contributed by atoms with van der Waals surface area (Å²) >= 11 is 0. The zero-order chi connectivity index (χ0) is 12.4. The van der Waals surface area contributed by atoms with E-state index in [0.717, 1.165) is 25.2 Å². The predicted octanol–water partition coefficient (Wildman–Crippen LogP) is 1.74. The maximum Gasteiger partial charge on any atom is 0.335 e. The van der Waals surface area contributed by atoms with Gasteiger partial charge in [0.2, 0.25) is 0 Å². The Labute approximate surface area is 101 Å². The third-order valence-corrected chi connectivity index (χ3v) is 3.16. The minimum absolute atomic E-state index is 0.197. The van der Waals surface area contributed by atoms with Gasteiger partial charge in [0, 0.05) is 26.7 Å². The Morgan fingerprint density at radius 1 is 1.47 bits per heavy atom. The van der Waals surface area contributed by atoms with Gasteiger partial charge in [0.15, 0.2) is 0 Å². The van der Waals surface area contributed by atoms with Crippen LogP contribution < -0.4 is 0 Å². The average Bonchev–Trinajstić information content (AvgIpc) is 2.69. The van der Waals surface area contributed by atoms with E-state index in [2.05, 4.69) is 4.90 Å². The van der Waals surface area contributed by atoms with Crippen LogP contribution in [0.15, 0.2) is 18.2 Å². The average molecular weight is 235 g/mol. The number of hydrogen-bond donors (Lipinski definition) is 1. The Morgan fingerprint density at radius 3 is 2.82 bits per heavy atom. The molecule has 4 heteroatoms. The molecule has 4 nitrogen and oxygen atoms in total. The quantitative estimate of drug-likeness (QED) is 0.863. The van der Waals surface area contributed by atoms with Gasteiger partial charge in [-0.1, -0.05) is 6.07 Å². The second-order valence-electron chi connectivity index (χ2n) is 4.50. The second-order valence-corrected chi connectivity index (χ2v) is 4.50. The first-order valence-electron chi connectivity index (χ1n) is 5.70. The molecule has 17 heavy (non-hydrogen) atoms. The molecule has 0 spiro atoms. The van der Waals surface area contributed by atoms with Gasteiger partial charge in [-0.15, -0.1) is 0 Å². The van der Waals surface area contributed by atoms with Crippen molar-refractivity contribution in [1.82, 2.24) is 4.90 Å². The number of hydrogen-bond acceptors (Lipinski definition) is 3. The number of fused-ring (bicyclic) bond motifs is 1. The van der Waals surface area contributed by atoms with E-state index in [-0.39, 0.29) is 6.10 Å². The molecule has 92 valence electrons. The highest BCUT2D eigenvalue weighted by Crippen LogP contribution is 2.24. The molecule has 1 unspecified atom stereocenters. The summed E-state index contributed by atoms with van der Waals surface area (Å²) in [5.74, 6) is -0.864. The molecule has 1 aliphatic heterocycles. The van der Waals surface area contributed by atoms with Crippen LogP contribution in [0.2, 0.25) is 0 Å². The molecule has 0 saturated heterocycles. The third-order valence-electron chi connectivity index (χ3n) is 3.16. The molecule has 1 N–H and O–H groups in total. The summed E-state index contributed by atoms with van der Waals surface area (Å²) in [6.45, 7) is 4.59. The number of aromatic carboxylic acids is 1. The summed E-state index contributed by atoms with van der Waals surface area (Å²) in [5, 5.41) is 8.93. The topological polar surface area (TPSA) is 49.8 Å². The molecule has 0 aliphatic carbocycles. The lowest BCUT2D eigenvalue weighted by atomic mass is 10.1. The molecule has 2 rings (SSSR count). The Kier molecular flexibility index (Phi) is 3.45. The van der Waals surface area contributed by atoms with E-state index in [9.17, 15) is 4.79 Å². The number of nitrogens with zero attached hydrogens (tertiary/aromatic N) is 1. The molecule has 0 saturated carbocycles. The zero-order valence-electron chi connectivity index (χ0n) is 10.1. The lowest BCUT2D eigenvalue weighted by Gasteiger charge is -2.18. The molecule has 0 fully saturated rings. The molecule has 1 atom stereocenters. The highest BCUT2D eigenvalue weighted by atomic mass is 16.5. The van der Waals surface area contributed by atoms with Gasteiger partial charge in [-0.3, -0.25) is 4.90 Å². The highest BCUT2D eigenvalue weighted by Gasteiger charge is 2.21. The standard InChI is InChI=1S/C13H17NO3/c1-9(17-2)6-14-7-11-4-3-10(13(15)16)5-12(11)8-14/h3-5,9H,6-8H2,1-2H3,(H,15,16). The van der Waals surface area contributed by atoms with Crippen molar-refractivity contribution in [2.75, 3.05) is 13.7 Å². The number of methoxy groups -OCH3 is 1. The molecule has 0 aromatic heterocycles. The number of carboxylic acid groups (broad SMARTS) is 1. The van der Waals surface area contributed by atoms with Crippen LogP contribution in [0.3, 0.4) is 0 Å². The molecule has 1 aliphatic rings. The summed E-state index contributed by atoms with van der Waals surface area (Å²) in [4.78, 5) is 13.1. The van der Waals surface area contributed by atoms with Gasteiger partial charge in [-0.2, -0.15) is 0 Å². The van der Waals surface area contributed by atoms with Crippen molar-refractivity contribution in [3.05, 3.63) is 34.9 Å². The smallest absolute Gasteiger partial charge is 0.335 e. The monoisotopic (exact) mass is 235 g/mol. The Morgan fingerprint density at radius 2 is 2.18 bits per heavy atom. The molecule has 1 aromatic carbocycles. The molecule has 0 amide bonds. The number of rotatable bonds is 4. The number of ether oxygens (including phenoxy) is 1. The van der Waals surface area contributed by atoms with Crippen molar-refractivity contribution >= 4 is 5.97 Å². The number of carboxylic acids is 1. The summed E-state index contributed by atoms with van der Waals surface area (Å²) in [6.07, 6.45) is 0.197. The third kappa shape index (κ3) is 2.65.